The number of nitrogens with zero attached hydrogens (tertiary/aromatic N) is 1. The third-order valence-corrected chi connectivity index (χ3v) is 4.36. The second-order valence-electron chi connectivity index (χ2n) is 4.54. The van der Waals surface area contributed by atoms with Crippen molar-refractivity contribution in [3.8, 4) is 10.6 Å². The van der Waals surface area contributed by atoms with Crippen molar-refractivity contribution in [2.24, 2.45) is 0 Å². The highest BCUT2D eigenvalue weighted by Gasteiger charge is 2.06. The lowest BCUT2D eigenvalue weighted by atomic mass is 9.98. The lowest BCUT2D eigenvalue weighted by molar-refractivity contribution is 0.300. The van der Waals surface area contributed by atoms with Crippen LogP contribution < -0.4 is 0 Å². The molecule has 0 bridgehead atoms. The molecule has 2 aromatic rings. The summed E-state index contributed by atoms with van der Waals surface area (Å²) in [6, 6.07) is 8.67. The monoisotopic (exact) mass is 261 g/mol. The molecule has 0 aliphatic carbocycles. The lowest BCUT2D eigenvalue weighted by Gasteiger charge is -2.08. The van der Waals surface area contributed by atoms with Crippen LogP contribution in [0.4, 0.5) is 0 Å². The van der Waals surface area contributed by atoms with E-state index in [1.165, 1.54) is 5.56 Å². The number of rotatable bonds is 5. The Bertz CT molecular complexity index is 489. The molecular formula is C15H19NOS. The van der Waals surface area contributed by atoms with Gasteiger partial charge in [0.05, 0.1) is 0 Å². The third-order valence-electron chi connectivity index (χ3n) is 3.25. The fraction of sp³-hybridized carbons (Fsp3) is 0.400. The van der Waals surface area contributed by atoms with Gasteiger partial charge in [-0.15, -0.1) is 11.3 Å². The number of aliphatic hydroxyl groups excluding tert-OH is 1. The van der Waals surface area contributed by atoms with Crippen molar-refractivity contribution < 1.29 is 5.11 Å². The molecule has 0 saturated heterocycles. The van der Waals surface area contributed by atoms with Crippen LogP contribution in [0.1, 0.15) is 36.6 Å². The summed E-state index contributed by atoms with van der Waals surface area (Å²) in [4.78, 5) is 5.54. The Balaban J connectivity index is 2.17. The van der Waals surface area contributed by atoms with Crippen LogP contribution in [0, 0.1) is 0 Å². The van der Waals surface area contributed by atoms with Gasteiger partial charge < -0.3 is 5.11 Å². The minimum absolute atomic E-state index is 0.189. The largest absolute Gasteiger partial charge is 0.396 e. The van der Waals surface area contributed by atoms with E-state index in [1.54, 1.807) is 11.3 Å². The summed E-state index contributed by atoms with van der Waals surface area (Å²) in [5.41, 5.74) is 2.55. The van der Waals surface area contributed by atoms with Crippen molar-refractivity contribution in [2.75, 3.05) is 6.61 Å². The minimum Gasteiger partial charge on any atom is -0.396 e. The molecule has 0 saturated carbocycles. The Morgan fingerprint density at radius 1 is 1.28 bits per heavy atom. The molecule has 96 valence electrons. The van der Waals surface area contributed by atoms with Crippen molar-refractivity contribution in [1.82, 2.24) is 4.98 Å². The molecule has 0 spiro atoms. The molecule has 1 aromatic carbocycles. The summed E-state index contributed by atoms with van der Waals surface area (Å²) in [7, 11) is 0. The van der Waals surface area contributed by atoms with Gasteiger partial charge in [-0.25, -0.2) is 4.98 Å². The first-order valence-corrected chi connectivity index (χ1v) is 7.22. The molecule has 0 aliphatic rings. The first-order valence-electron chi connectivity index (χ1n) is 6.40. The molecule has 1 N–H and O–H groups in total. The van der Waals surface area contributed by atoms with Crippen molar-refractivity contribution in [2.45, 2.75) is 32.6 Å². The summed E-state index contributed by atoms with van der Waals surface area (Å²) in [6.07, 6.45) is 3.72. The van der Waals surface area contributed by atoms with E-state index in [1.807, 2.05) is 6.20 Å². The second-order valence-corrected chi connectivity index (χ2v) is 5.65. The topological polar surface area (TPSA) is 33.1 Å². The molecule has 0 radical (unpaired) electrons. The molecule has 2 nitrogen and oxygen atoms in total. The molecule has 18 heavy (non-hydrogen) atoms. The van der Waals surface area contributed by atoms with Crippen LogP contribution in [-0.2, 0) is 6.42 Å². The summed E-state index contributed by atoms with van der Waals surface area (Å²) < 4.78 is 0. The highest BCUT2D eigenvalue weighted by Crippen LogP contribution is 2.27. The van der Waals surface area contributed by atoms with Gasteiger partial charge in [0.15, 0.2) is 0 Å². The Hall–Kier alpha value is -1.19. The second kappa shape index (κ2) is 6.12. The van der Waals surface area contributed by atoms with E-state index in [0.717, 1.165) is 21.9 Å². The van der Waals surface area contributed by atoms with E-state index >= 15 is 0 Å². The zero-order chi connectivity index (χ0) is 13.0. The SMILES string of the molecule is CCC(C)c1ccc(-c2ncc(CCO)s2)cc1. The molecule has 1 aromatic heterocycles. The molecule has 2 rings (SSSR count). The van der Waals surface area contributed by atoms with Crippen LogP contribution in [0.5, 0.6) is 0 Å². The predicted molar refractivity (Wildman–Crippen MR) is 77.0 cm³/mol. The average molecular weight is 261 g/mol. The number of benzene rings is 1. The Labute approximate surface area is 112 Å². The van der Waals surface area contributed by atoms with E-state index in [9.17, 15) is 0 Å². The van der Waals surface area contributed by atoms with Crippen LogP contribution in [-0.4, -0.2) is 16.7 Å². The highest BCUT2D eigenvalue weighted by molar-refractivity contribution is 7.15. The summed E-state index contributed by atoms with van der Waals surface area (Å²) in [5, 5.41) is 9.94. The molecule has 3 heteroatoms. The predicted octanol–water partition coefficient (Wildman–Crippen LogP) is 3.86. The van der Waals surface area contributed by atoms with Crippen LogP contribution in [0.15, 0.2) is 30.5 Å². The average Bonchev–Trinajstić information content (AvgIpc) is 2.87. The van der Waals surface area contributed by atoms with Crippen molar-refractivity contribution >= 4 is 11.3 Å². The van der Waals surface area contributed by atoms with E-state index < -0.39 is 0 Å². The Morgan fingerprint density at radius 2 is 2.00 bits per heavy atom. The van der Waals surface area contributed by atoms with E-state index in [-0.39, 0.29) is 6.61 Å². The van der Waals surface area contributed by atoms with Crippen LogP contribution in [0.3, 0.4) is 0 Å². The van der Waals surface area contributed by atoms with Gasteiger partial charge in [0, 0.05) is 29.7 Å². The van der Waals surface area contributed by atoms with Crippen molar-refractivity contribution in [3.63, 3.8) is 0 Å². The maximum Gasteiger partial charge on any atom is 0.123 e. The highest BCUT2D eigenvalue weighted by atomic mass is 32.1. The van der Waals surface area contributed by atoms with Crippen LogP contribution in [0.2, 0.25) is 0 Å². The van der Waals surface area contributed by atoms with Crippen LogP contribution >= 0.6 is 11.3 Å². The zero-order valence-corrected chi connectivity index (χ0v) is 11.7. The first-order chi connectivity index (χ1) is 8.74. The van der Waals surface area contributed by atoms with Crippen molar-refractivity contribution in [1.29, 1.82) is 0 Å². The number of aromatic nitrogens is 1. The fourth-order valence-corrected chi connectivity index (χ4v) is 2.76. The normalized spacial score (nSPS) is 12.6. The third kappa shape index (κ3) is 2.98. The molecule has 1 unspecified atom stereocenters. The first kappa shape index (κ1) is 13.2. The Kier molecular flexibility index (Phi) is 4.50. The van der Waals surface area contributed by atoms with Gasteiger partial charge in [0.25, 0.3) is 0 Å². The fourth-order valence-electron chi connectivity index (χ4n) is 1.86. The minimum atomic E-state index is 0.189. The lowest BCUT2D eigenvalue weighted by Crippen LogP contribution is -1.90. The number of hydrogen-bond acceptors (Lipinski definition) is 3. The molecule has 0 aliphatic heterocycles. The van der Waals surface area contributed by atoms with Crippen molar-refractivity contribution in [3.05, 3.63) is 40.9 Å². The van der Waals surface area contributed by atoms with Gasteiger partial charge in [-0.3, -0.25) is 0 Å². The van der Waals surface area contributed by atoms with E-state index in [4.69, 9.17) is 5.11 Å². The number of aliphatic hydroxyl groups is 1. The van der Waals surface area contributed by atoms with Gasteiger partial charge in [-0.2, -0.15) is 0 Å². The Morgan fingerprint density at radius 3 is 2.61 bits per heavy atom. The van der Waals surface area contributed by atoms with Crippen LogP contribution in [0.25, 0.3) is 10.6 Å². The van der Waals surface area contributed by atoms with Gasteiger partial charge in [-0.1, -0.05) is 38.1 Å². The maximum absolute atomic E-state index is 8.90. The standard InChI is InChI=1S/C15H19NOS/c1-3-11(2)12-4-6-13(7-5-12)15-16-10-14(18-15)8-9-17/h4-7,10-11,17H,3,8-9H2,1-2H3. The summed E-state index contributed by atoms with van der Waals surface area (Å²) in [5.74, 6) is 0.611. The molecule has 1 heterocycles. The quantitative estimate of drug-likeness (QED) is 0.886. The van der Waals surface area contributed by atoms with Gasteiger partial charge in [0.2, 0.25) is 0 Å². The van der Waals surface area contributed by atoms with Gasteiger partial charge in [0.1, 0.15) is 5.01 Å². The summed E-state index contributed by atoms with van der Waals surface area (Å²) in [6.45, 7) is 4.65. The van der Waals surface area contributed by atoms with Gasteiger partial charge >= 0.3 is 0 Å². The van der Waals surface area contributed by atoms with E-state index in [2.05, 4.69) is 43.1 Å². The maximum atomic E-state index is 8.90. The van der Waals surface area contributed by atoms with Gasteiger partial charge in [-0.05, 0) is 17.9 Å². The molecule has 0 fully saturated rings. The number of thiazole rings is 1. The molecule has 0 amide bonds. The zero-order valence-electron chi connectivity index (χ0n) is 10.9. The number of hydrogen-bond donors (Lipinski definition) is 1. The van der Waals surface area contributed by atoms with E-state index in [0.29, 0.717) is 12.3 Å². The molecular weight excluding hydrogens is 242 g/mol. The smallest absolute Gasteiger partial charge is 0.123 e. The molecule has 1 atom stereocenters. The summed E-state index contributed by atoms with van der Waals surface area (Å²) >= 11 is 1.66.